The predicted octanol–water partition coefficient (Wildman–Crippen LogP) is 11.1. The van der Waals surface area contributed by atoms with E-state index in [1.165, 1.54) is 0 Å². The van der Waals surface area contributed by atoms with Crippen LogP contribution in [0, 0.1) is 0 Å². The number of carbonyl (C=O) groups is 2. The smallest absolute Gasteiger partial charge is 0.431 e. The Balaban J connectivity index is 1.76. The van der Waals surface area contributed by atoms with Crippen molar-refractivity contribution in [3.05, 3.63) is 95.0 Å². The highest BCUT2D eigenvalue weighted by Gasteiger charge is 2.25. The molecule has 0 amide bonds. The summed E-state index contributed by atoms with van der Waals surface area (Å²) in [5, 5.41) is 6.90. The Morgan fingerprint density at radius 1 is 0.500 bits per heavy atom. The lowest BCUT2D eigenvalue weighted by atomic mass is 9.85. The zero-order valence-corrected chi connectivity index (χ0v) is 26.0. The maximum absolute atomic E-state index is 12.8. The van der Waals surface area contributed by atoms with Gasteiger partial charge in [-0.1, -0.05) is 71.7 Å². The third-order valence-corrected chi connectivity index (χ3v) is 7.63. The van der Waals surface area contributed by atoms with Gasteiger partial charge in [0.15, 0.2) is 0 Å². The van der Waals surface area contributed by atoms with Crippen molar-refractivity contribution < 1.29 is 28.5 Å². The van der Waals surface area contributed by atoms with Gasteiger partial charge in [-0.25, -0.2) is 9.59 Å². The van der Waals surface area contributed by atoms with Crippen LogP contribution in [0.2, 0.25) is 10.0 Å². The van der Waals surface area contributed by atoms with Gasteiger partial charge in [0.2, 0.25) is 0 Å². The van der Waals surface area contributed by atoms with Gasteiger partial charge in [0.25, 0.3) is 0 Å². The average Bonchev–Trinajstić information content (AvgIpc) is 2.97. The summed E-state index contributed by atoms with van der Waals surface area (Å²) in [5.41, 5.74) is 1.70. The molecule has 222 valence electrons. The molecule has 0 unspecified atom stereocenters. The van der Waals surface area contributed by atoms with Gasteiger partial charge in [0.1, 0.15) is 11.5 Å². The molecule has 6 aromatic carbocycles. The number of hydrogen-bond acceptors (Lipinski definition) is 6. The molecule has 0 radical (unpaired) electrons. The fourth-order valence-electron chi connectivity index (χ4n) is 5.58. The first kappa shape index (κ1) is 29.5. The fraction of sp³-hybridized carbons (Fsp3) is 0.167. The van der Waals surface area contributed by atoms with Crippen LogP contribution in [0.1, 0.15) is 27.7 Å². The molecule has 8 heteroatoms. The topological polar surface area (TPSA) is 71.1 Å². The van der Waals surface area contributed by atoms with E-state index in [4.69, 9.17) is 42.1 Å². The quantitative estimate of drug-likeness (QED) is 0.108. The van der Waals surface area contributed by atoms with Gasteiger partial charge in [-0.15, -0.1) is 0 Å². The molecule has 0 fully saturated rings. The highest BCUT2D eigenvalue weighted by atomic mass is 35.5. The van der Waals surface area contributed by atoms with Gasteiger partial charge >= 0.3 is 12.3 Å². The monoisotopic (exact) mass is 626 g/mol. The molecule has 0 spiro atoms. The molecular weight excluding hydrogens is 599 g/mol. The van der Waals surface area contributed by atoms with E-state index in [1.807, 2.05) is 72.8 Å². The number of benzene rings is 6. The van der Waals surface area contributed by atoms with Crippen LogP contribution < -0.4 is 9.47 Å². The van der Waals surface area contributed by atoms with Crippen LogP contribution in [0.15, 0.2) is 84.9 Å². The lowest BCUT2D eigenvalue weighted by molar-refractivity contribution is 0.0725. The number of fused-ring (bicyclic) bond motifs is 4. The van der Waals surface area contributed by atoms with E-state index in [9.17, 15) is 9.59 Å². The number of ether oxygens (including phenoxy) is 4. The van der Waals surface area contributed by atoms with E-state index in [2.05, 4.69) is 0 Å². The summed E-state index contributed by atoms with van der Waals surface area (Å²) in [5.74, 6) is 0.731. The van der Waals surface area contributed by atoms with Crippen LogP contribution >= 0.6 is 23.2 Å². The Labute approximate surface area is 264 Å². The van der Waals surface area contributed by atoms with Crippen molar-refractivity contribution in [1.82, 2.24) is 0 Å². The molecule has 44 heavy (non-hydrogen) atoms. The minimum absolute atomic E-state index is 0.352. The lowest BCUT2D eigenvalue weighted by Gasteiger charge is -2.21. The fourth-order valence-corrected chi connectivity index (χ4v) is 5.92. The zero-order chi connectivity index (χ0) is 31.1. The van der Waals surface area contributed by atoms with Gasteiger partial charge in [0, 0.05) is 31.6 Å². The van der Waals surface area contributed by atoms with Crippen LogP contribution in [-0.2, 0) is 9.47 Å². The van der Waals surface area contributed by atoms with Crippen molar-refractivity contribution in [2.24, 2.45) is 0 Å². The van der Waals surface area contributed by atoms with Gasteiger partial charge in [-0.05, 0) is 96.8 Å². The second kappa shape index (κ2) is 11.9. The molecular formula is C36H28Cl2O6. The summed E-state index contributed by atoms with van der Waals surface area (Å²) < 4.78 is 22.4. The molecule has 0 saturated carbocycles. The summed E-state index contributed by atoms with van der Waals surface area (Å²) >= 11 is 13.2. The SMILES string of the molecule is CC(C)OC(=O)Oc1c2ccccc2c(-c2c3ccccc3c(OC(=O)OC(C)C)c3ccc(Cl)cc23)c2cc(Cl)ccc12. The highest BCUT2D eigenvalue weighted by molar-refractivity contribution is 6.34. The van der Waals surface area contributed by atoms with Crippen LogP contribution in [0.3, 0.4) is 0 Å². The normalized spacial score (nSPS) is 11.5. The summed E-state index contributed by atoms with van der Waals surface area (Å²) in [6.45, 7) is 7.05. The Morgan fingerprint density at radius 3 is 1.20 bits per heavy atom. The molecule has 6 rings (SSSR count). The standard InChI is InChI=1S/C36H28Cl2O6/c1-19(2)41-35(39)43-33-25-11-7-5-9-23(25)31(29-17-21(37)13-15-27(29)33)32-24-10-6-8-12-26(24)34(44-36(40)42-20(3)4)28-16-14-22(38)18-30(28)32/h5-20H,1-4H3. The Hall–Kier alpha value is -4.52. The molecule has 6 nitrogen and oxygen atoms in total. The predicted molar refractivity (Wildman–Crippen MR) is 176 cm³/mol. The second-order valence-electron chi connectivity index (χ2n) is 10.9. The number of carbonyl (C=O) groups excluding carboxylic acids is 2. The molecule has 0 aliphatic rings. The second-order valence-corrected chi connectivity index (χ2v) is 11.8. The molecule has 0 aromatic heterocycles. The summed E-state index contributed by atoms with van der Waals surface area (Å²) in [4.78, 5) is 25.5. The van der Waals surface area contributed by atoms with E-state index < -0.39 is 12.3 Å². The van der Waals surface area contributed by atoms with Crippen LogP contribution in [0.5, 0.6) is 11.5 Å². The lowest BCUT2D eigenvalue weighted by Crippen LogP contribution is -2.16. The Bertz CT molecular complexity index is 1950. The van der Waals surface area contributed by atoms with Gasteiger partial charge in [0.05, 0.1) is 12.2 Å². The zero-order valence-electron chi connectivity index (χ0n) is 24.4. The van der Waals surface area contributed by atoms with Crippen molar-refractivity contribution in [3.63, 3.8) is 0 Å². The first-order chi connectivity index (χ1) is 21.1. The van der Waals surface area contributed by atoms with E-state index in [0.717, 1.165) is 32.7 Å². The molecule has 0 heterocycles. The van der Waals surface area contributed by atoms with Crippen molar-refractivity contribution in [3.8, 4) is 22.6 Å². The highest BCUT2D eigenvalue weighted by Crippen LogP contribution is 2.50. The minimum Gasteiger partial charge on any atom is -0.431 e. The van der Waals surface area contributed by atoms with Crippen LogP contribution in [-0.4, -0.2) is 24.5 Å². The third kappa shape index (κ3) is 5.47. The summed E-state index contributed by atoms with van der Waals surface area (Å²) in [6, 6.07) is 26.3. The molecule has 0 bridgehead atoms. The van der Waals surface area contributed by atoms with E-state index >= 15 is 0 Å². The number of halogens is 2. The van der Waals surface area contributed by atoms with Crippen molar-refractivity contribution in [1.29, 1.82) is 0 Å². The van der Waals surface area contributed by atoms with Gasteiger partial charge in [-0.2, -0.15) is 0 Å². The Morgan fingerprint density at radius 2 is 0.841 bits per heavy atom. The first-order valence-corrected chi connectivity index (χ1v) is 14.9. The van der Waals surface area contributed by atoms with Crippen LogP contribution in [0.4, 0.5) is 9.59 Å². The van der Waals surface area contributed by atoms with Crippen molar-refractivity contribution in [2.75, 3.05) is 0 Å². The number of hydrogen-bond donors (Lipinski definition) is 0. The maximum Gasteiger partial charge on any atom is 0.514 e. The molecule has 6 aromatic rings. The van der Waals surface area contributed by atoms with E-state index in [1.54, 1.807) is 39.8 Å². The largest absolute Gasteiger partial charge is 0.514 e. The van der Waals surface area contributed by atoms with E-state index in [-0.39, 0.29) is 12.2 Å². The van der Waals surface area contributed by atoms with E-state index in [0.29, 0.717) is 43.1 Å². The van der Waals surface area contributed by atoms with Gasteiger partial charge in [-0.3, -0.25) is 0 Å². The minimum atomic E-state index is -0.799. The van der Waals surface area contributed by atoms with Crippen LogP contribution in [0.25, 0.3) is 54.2 Å². The molecule has 0 saturated heterocycles. The Kier molecular flexibility index (Phi) is 7.97. The molecule has 0 aliphatic carbocycles. The molecule has 0 atom stereocenters. The molecule has 0 aliphatic heterocycles. The van der Waals surface area contributed by atoms with Crippen molar-refractivity contribution in [2.45, 2.75) is 39.9 Å². The summed E-state index contributed by atoms with van der Waals surface area (Å²) in [6.07, 6.45) is -2.30. The number of rotatable bonds is 5. The van der Waals surface area contributed by atoms with Gasteiger partial charge < -0.3 is 18.9 Å². The maximum atomic E-state index is 12.8. The van der Waals surface area contributed by atoms with Crippen molar-refractivity contribution >= 4 is 78.6 Å². The first-order valence-electron chi connectivity index (χ1n) is 14.2. The summed E-state index contributed by atoms with van der Waals surface area (Å²) in [7, 11) is 0. The third-order valence-electron chi connectivity index (χ3n) is 7.16. The molecule has 0 N–H and O–H groups in total. The average molecular weight is 628 g/mol.